The van der Waals surface area contributed by atoms with Crippen LogP contribution in [0, 0.1) is 0 Å². The minimum atomic E-state index is -0.479. The van der Waals surface area contributed by atoms with Crippen molar-refractivity contribution in [1.82, 2.24) is 5.32 Å². The number of amides is 1. The number of alkyl carbamates (subject to hydrolysis) is 1. The highest BCUT2D eigenvalue weighted by Gasteiger charge is 2.21. The van der Waals surface area contributed by atoms with Gasteiger partial charge in [0.25, 0.3) is 0 Å². The van der Waals surface area contributed by atoms with Gasteiger partial charge in [0.2, 0.25) is 0 Å². The Morgan fingerprint density at radius 3 is 2.73 bits per heavy atom. The molecule has 86 valence electrons. The molecular formula is C11H19NO3. The maximum atomic E-state index is 11.4. The molecule has 2 N–H and O–H groups in total. The fourth-order valence-electron chi connectivity index (χ4n) is 1.46. The van der Waals surface area contributed by atoms with Crippen molar-refractivity contribution in [3.63, 3.8) is 0 Å². The minimum absolute atomic E-state index is 0.0279. The molecule has 1 aliphatic carbocycles. The number of nitrogens with one attached hydrogen (secondary N) is 1. The Morgan fingerprint density at radius 1 is 1.53 bits per heavy atom. The van der Waals surface area contributed by atoms with E-state index in [0.29, 0.717) is 6.42 Å². The molecule has 0 radical (unpaired) electrons. The van der Waals surface area contributed by atoms with Crippen LogP contribution in [0.1, 0.15) is 33.6 Å². The van der Waals surface area contributed by atoms with Crippen LogP contribution in [0.2, 0.25) is 0 Å². The van der Waals surface area contributed by atoms with Crippen molar-refractivity contribution in [1.29, 1.82) is 0 Å². The monoisotopic (exact) mass is 213 g/mol. The van der Waals surface area contributed by atoms with Gasteiger partial charge in [0.1, 0.15) is 5.60 Å². The summed E-state index contributed by atoms with van der Waals surface area (Å²) in [7, 11) is 0. The van der Waals surface area contributed by atoms with Gasteiger partial charge in [-0.1, -0.05) is 12.2 Å². The Hall–Kier alpha value is -1.03. The van der Waals surface area contributed by atoms with Gasteiger partial charge in [-0.2, -0.15) is 0 Å². The summed E-state index contributed by atoms with van der Waals surface area (Å²) in [5.41, 5.74) is -0.479. The van der Waals surface area contributed by atoms with E-state index in [4.69, 9.17) is 4.74 Å². The molecular weight excluding hydrogens is 194 g/mol. The molecule has 0 saturated carbocycles. The van der Waals surface area contributed by atoms with Crippen LogP contribution < -0.4 is 5.32 Å². The molecule has 0 saturated heterocycles. The third kappa shape index (κ3) is 4.83. The van der Waals surface area contributed by atoms with Crippen LogP contribution in [0.4, 0.5) is 4.79 Å². The number of hydrogen-bond acceptors (Lipinski definition) is 3. The SMILES string of the molecule is CC(C)(C)OC(=O)N[C@@H]1CC=C[C@H](O)C1. The molecule has 1 rings (SSSR count). The van der Waals surface area contributed by atoms with Crippen LogP contribution in [0.15, 0.2) is 12.2 Å². The second-order valence-electron chi connectivity index (χ2n) is 4.81. The van der Waals surface area contributed by atoms with Crippen molar-refractivity contribution in [3.8, 4) is 0 Å². The van der Waals surface area contributed by atoms with Crippen LogP contribution >= 0.6 is 0 Å². The molecule has 0 bridgehead atoms. The number of carbonyl (C=O) groups excluding carboxylic acids is 1. The van der Waals surface area contributed by atoms with Crippen LogP contribution in [-0.2, 0) is 4.74 Å². The minimum Gasteiger partial charge on any atom is -0.444 e. The van der Waals surface area contributed by atoms with E-state index in [1.54, 1.807) is 6.08 Å². The first-order valence-electron chi connectivity index (χ1n) is 5.21. The smallest absolute Gasteiger partial charge is 0.407 e. The third-order valence-corrected chi connectivity index (χ3v) is 2.03. The molecule has 0 heterocycles. The van der Waals surface area contributed by atoms with Gasteiger partial charge in [-0.05, 0) is 33.6 Å². The molecule has 0 aromatic heterocycles. The maximum absolute atomic E-state index is 11.4. The summed E-state index contributed by atoms with van der Waals surface area (Å²) in [6.07, 6.45) is 4.03. The Balaban J connectivity index is 2.36. The van der Waals surface area contributed by atoms with E-state index >= 15 is 0 Å². The van der Waals surface area contributed by atoms with E-state index in [1.807, 2.05) is 26.8 Å². The Morgan fingerprint density at radius 2 is 2.20 bits per heavy atom. The predicted octanol–water partition coefficient (Wildman–Crippen LogP) is 1.59. The first-order chi connectivity index (χ1) is 6.87. The number of carbonyl (C=O) groups is 1. The first kappa shape index (κ1) is 12.0. The molecule has 0 spiro atoms. The summed E-state index contributed by atoms with van der Waals surface area (Å²) in [5, 5.41) is 12.1. The summed E-state index contributed by atoms with van der Waals surface area (Å²) >= 11 is 0. The van der Waals surface area contributed by atoms with Crippen LogP contribution in [0.25, 0.3) is 0 Å². The van der Waals surface area contributed by atoms with E-state index in [-0.39, 0.29) is 6.04 Å². The third-order valence-electron chi connectivity index (χ3n) is 2.03. The number of rotatable bonds is 1. The second kappa shape index (κ2) is 4.66. The zero-order chi connectivity index (χ0) is 11.5. The van der Waals surface area contributed by atoms with Crippen molar-refractivity contribution < 1.29 is 14.6 Å². The van der Waals surface area contributed by atoms with Gasteiger partial charge in [0.05, 0.1) is 6.10 Å². The van der Waals surface area contributed by atoms with Crippen LogP contribution in [0.3, 0.4) is 0 Å². The first-order valence-corrected chi connectivity index (χ1v) is 5.21. The predicted molar refractivity (Wildman–Crippen MR) is 57.5 cm³/mol. The summed E-state index contributed by atoms with van der Waals surface area (Å²) in [5.74, 6) is 0. The van der Waals surface area contributed by atoms with Gasteiger partial charge >= 0.3 is 6.09 Å². The molecule has 0 aromatic carbocycles. The zero-order valence-corrected chi connectivity index (χ0v) is 9.49. The highest BCUT2D eigenvalue weighted by molar-refractivity contribution is 5.68. The van der Waals surface area contributed by atoms with Gasteiger partial charge in [-0.15, -0.1) is 0 Å². The number of aliphatic hydroxyl groups is 1. The zero-order valence-electron chi connectivity index (χ0n) is 9.49. The molecule has 0 fully saturated rings. The van der Waals surface area contributed by atoms with Gasteiger partial charge in [-0.3, -0.25) is 0 Å². The molecule has 1 aliphatic rings. The Labute approximate surface area is 90.3 Å². The van der Waals surface area contributed by atoms with Crippen molar-refractivity contribution in [2.75, 3.05) is 0 Å². The topological polar surface area (TPSA) is 58.6 Å². The van der Waals surface area contributed by atoms with E-state index in [1.165, 1.54) is 0 Å². The van der Waals surface area contributed by atoms with Gasteiger partial charge in [0, 0.05) is 6.04 Å². The molecule has 0 unspecified atom stereocenters. The quantitative estimate of drug-likeness (QED) is 0.650. The summed E-state index contributed by atoms with van der Waals surface area (Å²) in [6, 6.07) is -0.0279. The average molecular weight is 213 g/mol. The van der Waals surface area contributed by atoms with Crippen LogP contribution in [-0.4, -0.2) is 28.9 Å². The summed E-state index contributed by atoms with van der Waals surface area (Å²) in [6.45, 7) is 5.46. The Kier molecular flexibility index (Phi) is 3.74. The normalized spacial score (nSPS) is 26.1. The second-order valence-corrected chi connectivity index (χ2v) is 4.81. The van der Waals surface area contributed by atoms with E-state index in [0.717, 1.165) is 6.42 Å². The fraction of sp³-hybridized carbons (Fsp3) is 0.727. The van der Waals surface area contributed by atoms with Crippen LogP contribution in [0.5, 0.6) is 0 Å². The van der Waals surface area contributed by atoms with E-state index in [9.17, 15) is 9.90 Å². The van der Waals surface area contributed by atoms with E-state index < -0.39 is 17.8 Å². The van der Waals surface area contributed by atoms with E-state index in [2.05, 4.69) is 5.32 Å². The Bertz CT molecular complexity index is 255. The van der Waals surface area contributed by atoms with Crippen molar-refractivity contribution in [3.05, 3.63) is 12.2 Å². The average Bonchev–Trinajstić information content (AvgIpc) is 1.99. The van der Waals surface area contributed by atoms with Gasteiger partial charge < -0.3 is 15.2 Å². The highest BCUT2D eigenvalue weighted by atomic mass is 16.6. The largest absolute Gasteiger partial charge is 0.444 e. The molecule has 2 atom stereocenters. The summed E-state index contributed by atoms with van der Waals surface area (Å²) < 4.78 is 5.12. The van der Waals surface area contributed by atoms with Crippen molar-refractivity contribution in [2.24, 2.45) is 0 Å². The molecule has 4 nitrogen and oxygen atoms in total. The van der Waals surface area contributed by atoms with Crippen molar-refractivity contribution >= 4 is 6.09 Å². The number of hydrogen-bond donors (Lipinski definition) is 2. The van der Waals surface area contributed by atoms with Crippen molar-refractivity contribution in [2.45, 2.75) is 51.4 Å². The molecule has 1 amide bonds. The number of ether oxygens (including phenoxy) is 1. The van der Waals surface area contributed by atoms with Gasteiger partial charge in [-0.25, -0.2) is 4.79 Å². The molecule has 15 heavy (non-hydrogen) atoms. The lowest BCUT2D eigenvalue weighted by molar-refractivity contribution is 0.0488. The lowest BCUT2D eigenvalue weighted by atomic mass is 10.00. The molecule has 0 aromatic rings. The highest BCUT2D eigenvalue weighted by Crippen LogP contribution is 2.13. The molecule has 4 heteroatoms. The van der Waals surface area contributed by atoms with Gasteiger partial charge in [0.15, 0.2) is 0 Å². The molecule has 0 aliphatic heterocycles. The lowest BCUT2D eigenvalue weighted by Crippen LogP contribution is -2.41. The lowest BCUT2D eigenvalue weighted by Gasteiger charge is -2.25. The standard InChI is InChI=1S/C11H19NO3/c1-11(2,3)15-10(14)12-8-5-4-6-9(13)7-8/h4,6,8-9,13H,5,7H2,1-3H3,(H,12,14)/t8-,9+/m1/s1. The summed E-state index contributed by atoms with van der Waals surface area (Å²) in [4.78, 5) is 11.4. The fourth-order valence-corrected chi connectivity index (χ4v) is 1.46. The number of aliphatic hydroxyl groups excluding tert-OH is 1. The maximum Gasteiger partial charge on any atom is 0.407 e.